The lowest BCUT2D eigenvalue weighted by molar-refractivity contribution is 0.243. The van der Waals surface area contributed by atoms with Gasteiger partial charge in [0.1, 0.15) is 11.5 Å². The van der Waals surface area contributed by atoms with Gasteiger partial charge in [0.05, 0.1) is 11.3 Å². The van der Waals surface area contributed by atoms with Gasteiger partial charge in [0.15, 0.2) is 0 Å². The molecule has 5 heteroatoms. The van der Waals surface area contributed by atoms with Crippen LogP contribution in [0.15, 0.2) is 48.0 Å². The minimum atomic E-state index is -0.850. The zero-order valence-electron chi connectivity index (χ0n) is 9.60. The number of ether oxygens (including phenoxy) is 1. The Morgan fingerprint density at radius 3 is 1.59 bits per heavy atom. The molecule has 0 aliphatic heterocycles. The number of hydrogen-bond donors (Lipinski definition) is 4. The second kappa shape index (κ2) is 4.12. The molecule has 0 radical (unpaired) electrons. The Bertz CT molecular complexity index is 390. The highest BCUT2D eigenvalue weighted by Gasteiger charge is 2.25. The first-order valence-corrected chi connectivity index (χ1v) is 5.47. The monoisotopic (exact) mass is 234 g/mol. The molecule has 0 bridgehead atoms. The minimum Gasteiger partial charge on any atom is -0.466 e. The average Bonchev–Trinajstić information content (AvgIpc) is 2.13. The molecule has 2 aliphatic rings. The molecule has 92 valence electrons. The van der Waals surface area contributed by atoms with E-state index in [0.29, 0.717) is 12.8 Å². The van der Waals surface area contributed by atoms with Gasteiger partial charge in [-0.25, -0.2) is 0 Å². The van der Waals surface area contributed by atoms with E-state index in [1.165, 1.54) is 0 Å². The minimum absolute atomic E-state index is 0.451. The van der Waals surface area contributed by atoms with Crippen molar-refractivity contribution in [3.8, 4) is 0 Å². The molecule has 0 heterocycles. The van der Waals surface area contributed by atoms with Crippen LogP contribution in [0.4, 0.5) is 0 Å². The van der Waals surface area contributed by atoms with Crippen molar-refractivity contribution in [2.75, 3.05) is 0 Å². The topological polar surface area (TPSA) is 113 Å². The first kappa shape index (κ1) is 12.1. The first-order chi connectivity index (χ1) is 7.86. The Morgan fingerprint density at radius 1 is 0.824 bits per heavy atom. The fourth-order valence-corrected chi connectivity index (χ4v) is 1.82. The molecule has 0 amide bonds. The van der Waals surface area contributed by atoms with Crippen molar-refractivity contribution >= 4 is 0 Å². The number of hydrogen-bond acceptors (Lipinski definition) is 5. The Hall–Kier alpha value is -1.40. The average molecular weight is 234 g/mol. The molecule has 0 saturated heterocycles. The lowest BCUT2D eigenvalue weighted by Crippen LogP contribution is -2.49. The maximum absolute atomic E-state index is 5.81. The molecule has 0 saturated carbocycles. The molecular weight excluding hydrogens is 216 g/mol. The van der Waals surface area contributed by atoms with E-state index in [0.717, 1.165) is 11.5 Å². The predicted molar refractivity (Wildman–Crippen MR) is 67.0 cm³/mol. The second-order valence-electron chi connectivity index (χ2n) is 4.66. The molecule has 0 aromatic heterocycles. The normalized spacial score (nSPS) is 25.2. The zero-order chi connectivity index (χ0) is 12.5. The largest absolute Gasteiger partial charge is 0.466 e. The summed E-state index contributed by atoms with van der Waals surface area (Å²) >= 11 is 0. The van der Waals surface area contributed by atoms with Crippen LogP contribution in [0.2, 0.25) is 0 Å². The first-order valence-electron chi connectivity index (χ1n) is 5.47. The standard InChI is InChI=1S/C12H18N4O/c13-11(14)5-1-3-9(7-11)17-10-4-2-6-12(15,16)8-10/h1-6H,7-8,13-16H2. The molecule has 0 fully saturated rings. The van der Waals surface area contributed by atoms with Crippen LogP contribution < -0.4 is 22.9 Å². The van der Waals surface area contributed by atoms with E-state index in [4.69, 9.17) is 27.7 Å². The third-order valence-corrected chi connectivity index (χ3v) is 2.60. The van der Waals surface area contributed by atoms with Gasteiger partial charge >= 0.3 is 0 Å². The smallest absolute Gasteiger partial charge is 0.107 e. The molecule has 2 aliphatic carbocycles. The molecule has 0 aromatic carbocycles. The zero-order valence-corrected chi connectivity index (χ0v) is 9.60. The van der Waals surface area contributed by atoms with E-state index in [9.17, 15) is 0 Å². The van der Waals surface area contributed by atoms with Gasteiger partial charge in [-0.2, -0.15) is 0 Å². The fraction of sp³-hybridized carbons (Fsp3) is 0.333. The summed E-state index contributed by atoms with van der Waals surface area (Å²) in [5.74, 6) is 1.43. The van der Waals surface area contributed by atoms with E-state index in [-0.39, 0.29) is 0 Å². The van der Waals surface area contributed by atoms with Crippen LogP contribution in [0.25, 0.3) is 0 Å². The Labute approximate surface area is 100 Å². The van der Waals surface area contributed by atoms with Gasteiger partial charge in [-0.15, -0.1) is 0 Å². The van der Waals surface area contributed by atoms with Crippen molar-refractivity contribution < 1.29 is 4.74 Å². The summed E-state index contributed by atoms with van der Waals surface area (Å²) in [6.07, 6.45) is 11.6. The Balaban J connectivity index is 2.04. The van der Waals surface area contributed by atoms with Crippen molar-refractivity contribution in [1.82, 2.24) is 0 Å². The Morgan fingerprint density at radius 2 is 1.24 bits per heavy atom. The highest BCUT2D eigenvalue weighted by Crippen LogP contribution is 2.25. The maximum Gasteiger partial charge on any atom is 0.107 e. The predicted octanol–water partition coefficient (Wildman–Crippen LogP) is -0.0820. The second-order valence-corrected chi connectivity index (χ2v) is 4.66. The molecule has 2 rings (SSSR count). The highest BCUT2D eigenvalue weighted by atomic mass is 16.5. The lowest BCUT2D eigenvalue weighted by atomic mass is 10.00. The van der Waals surface area contributed by atoms with Gasteiger partial charge in [0.2, 0.25) is 0 Å². The quantitative estimate of drug-likeness (QED) is 0.499. The van der Waals surface area contributed by atoms with Gasteiger partial charge < -0.3 is 27.7 Å². The maximum atomic E-state index is 5.81. The van der Waals surface area contributed by atoms with E-state index < -0.39 is 11.3 Å². The molecule has 0 atom stereocenters. The van der Waals surface area contributed by atoms with Crippen LogP contribution >= 0.6 is 0 Å². The van der Waals surface area contributed by atoms with Gasteiger partial charge in [-0.1, -0.05) is 12.2 Å². The number of nitrogens with two attached hydrogens (primary N) is 4. The molecule has 5 nitrogen and oxygen atoms in total. The van der Waals surface area contributed by atoms with Crippen molar-refractivity contribution in [3.05, 3.63) is 48.0 Å². The SMILES string of the molecule is NC1(N)C=CC=C(OC2=CC=CC(N)(N)C2)C1. The van der Waals surface area contributed by atoms with Crippen LogP contribution in [-0.4, -0.2) is 11.3 Å². The summed E-state index contributed by atoms with van der Waals surface area (Å²) in [7, 11) is 0. The summed E-state index contributed by atoms with van der Waals surface area (Å²) in [6.45, 7) is 0. The molecule has 0 spiro atoms. The summed E-state index contributed by atoms with van der Waals surface area (Å²) in [4.78, 5) is 0. The third kappa shape index (κ3) is 3.28. The van der Waals surface area contributed by atoms with Crippen LogP contribution in [-0.2, 0) is 4.74 Å². The molecule has 17 heavy (non-hydrogen) atoms. The molecule has 0 unspecified atom stereocenters. The van der Waals surface area contributed by atoms with E-state index in [1.807, 2.05) is 12.2 Å². The van der Waals surface area contributed by atoms with Crippen LogP contribution in [0.3, 0.4) is 0 Å². The summed E-state index contributed by atoms with van der Waals surface area (Å²) in [5.41, 5.74) is 21.6. The van der Waals surface area contributed by atoms with Crippen molar-refractivity contribution in [2.24, 2.45) is 22.9 Å². The van der Waals surface area contributed by atoms with Crippen LogP contribution in [0, 0.1) is 0 Å². The highest BCUT2D eigenvalue weighted by molar-refractivity contribution is 5.26. The van der Waals surface area contributed by atoms with E-state index >= 15 is 0 Å². The number of allylic oxidation sites excluding steroid dienone is 4. The van der Waals surface area contributed by atoms with Gasteiger partial charge in [-0.05, 0) is 24.3 Å². The van der Waals surface area contributed by atoms with Crippen molar-refractivity contribution in [2.45, 2.75) is 24.2 Å². The van der Waals surface area contributed by atoms with Gasteiger partial charge in [0, 0.05) is 12.8 Å². The van der Waals surface area contributed by atoms with E-state index in [2.05, 4.69) is 0 Å². The summed E-state index contributed by atoms with van der Waals surface area (Å²) < 4.78 is 5.70. The fourth-order valence-electron chi connectivity index (χ4n) is 1.82. The molecular formula is C12H18N4O. The van der Waals surface area contributed by atoms with Gasteiger partial charge in [-0.3, -0.25) is 0 Å². The molecule has 0 aromatic rings. The van der Waals surface area contributed by atoms with Crippen LogP contribution in [0.1, 0.15) is 12.8 Å². The van der Waals surface area contributed by atoms with Crippen molar-refractivity contribution in [1.29, 1.82) is 0 Å². The van der Waals surface area contributed by atoms with E-state index in [1.54, 1.807) is 24.3 Å². The van der Waals surface area contributed by atoms with Gasteiger partial charge in [0.25, 0.3) is 0 Å². The molecule has 8 N–H and O–H groups in total. The Kier molecular flexibility index (Phi) is 2.92. The number of rotatable bonds is 2. The summed E-state index contributed by atoms with van der Waals surface area (Å²) in [6, 6.07) is 0. The lowest BCUT2D eigenvalue weighted by Gasteiger charge is -2.28. The third-order valence-electron chi connectivity index (χ3n) is 2.60. The van der Waals surface area contributed by atoms with Crippen LogP contribution in [0.5, 0.6) is 0 Å². The van der Waals surface area contributed by atoms with Crippen molar-refractivity contribution in [3.63, 3.8) is 0 Å². The summed E-state index contributed by atoms with van der Waals surface area (Å²) in [5, 5.41) is 0.